The zero-order valence-electron chi connectivity index (χ0n) is 12.0. The number of ether oxygens (including phenoxy) is 1. The standard InChI is InChI=1S/C17H14I2O3/c1-2-3-6-21-14-5-4-10-7-11-8-12(18)13(20)9-15(11)22-17(10)16(14)19/h4-5,7-9H,2-3,6H2,1H3. The SMILES string of the molecule is CCCCOc1ccc2cc3cc(I)c(=O)cc-3oc2c1I. The fourth-order valence-corrected chi connectivity index (χ4v) is 3.49. The summed E-state index contributed by atoms with van der Waals surface area (Å²) < 4.78 is 13.4. The van der Waals surface area contributed by atoms with Gasteiger partial charge in [-0.1, -0.05) is 13.3 Å². The summed E-state index contributed by atoms with van der Waals surface area (Å²) >= 11 is 4.29. The summed E-state index contributed by atoms with van der Waals surface area (Å²) in [6, 6.07) is 9.44. The highest BCUT2D eigenvalue weighted by Crippen LogP contribution is 2.34. The number of hydrogen-bond donors (Lipinski definition) is 0. The van der Waals surface area contributed by atoms with Crippen LogP contribution in [-0.2, 0) is 0 Å². The molecule has 0 saturated heterocycles. The lowest BCUT2D eigenvalue weighted by atomic mass is 10.1. The van der Waals surface area contributed by atoms with Crippen molar-refractivity contribution in [2.75, 3.05) is 6.61 Å². The molecule has 1 aromatic rings. The highest BCUT2D eigenvalue weighted by molar-refractivity contribution is 14.1. The molecular formula is C17H14I2O3. The van der Waals surface area contributed by atoms with E-state index < -0.39 is 0 Å². The van der Waals surface area contributed by atoms with Crippen LogP contribution >= 0.6 is 45.2 Å². The van der Waals surface area contributed by atoms with Gasteiger partial charge in [0, 0.05) is 17.0 Å². The first kappa shape index (κ1) is 16.0. The predicted octanol–water partition coefficient (Wildman–Crippen LogP) is 5.29. The lowest BCUT2D eigenvalue weighted by Gasteiger charge is -2.12. The summed E-state index contributed by atoms with van der Waals surface area (Å²) in [5.74, 6) is 1.44. The molecule has 0 aromatic heterocycles. The highest BCUT2D eigenvalue weighted by atomic mass is 127. The van der Waals surface area contributed by atoms with E-state index in [1.807, 2.05) is 24.3 Å². The molecule has 0 amide bonds. The van der Waals surface area contributed by atoms with Crippen molar-refractivity contribution in [3.8, 4) is 17.1 Å². The minimum atomic E-state index is -0.0124. The molecule has 1 aromatic carbocycles. The Morgan fingerprint density at radius 3 is 2.77 bits per heavy atom. The van der Waals surface area contributed by atoms with Crippen molar-refractivity contribution in [1.82, 2.24) is 0 Å². The summed E-state index contributed by atoms with van der Waals surface area (Å²) in [5, 5.41) is 1.01. The lowest BCUT2D eigenvalue weighted by molar-refractivity contribution is 0.307. The van der Waals surface area contributed by atoms with Crippen molar-refractivity contribution >= 4 is 56.2 Å². The summed E-state index contributed by atoms with van der Waals surface area (Å²) in [6.07, 6.45) is 2.13. The van der Waals surface area contributed by atoms with Crippen LogP contribution in [0.4, 0.5) is 0 Å². The third-order valence-electron chi connectivity index (χ3n) is 3.43. The third-order valence-corrected chi connectivity index (χ3v) is 5.30. The van der Waals surface area contributed by atoms with Gasteiger partial charge in [0.05, 0.1) is 13.7 Å². The van der Waals surface area contributed by atoms with Gasteiger partial charge in [0.1, 0.15) is 11.5 Å². The quantitative estimate of drug-likeness (QED) is 0.267. The van der Waals surface area contributed by atoms with Gasteiger partial charge in [-0.25, -0.2) is 0 Å². The zero-order valence-corrected chi connectivity index (χ0v) is 16.3. The molecule has 22 heavy (non-hydrogen) atoms. The van der Waals surface area contributed by atoms with Crippen molar-refractivity contribution in [2.24, 2.45) is 0 Å². The van der Waals surface area contributed by atoms with Crippen LogP contribution < -0.4 is 10.2 Å². The Balaban J connectivity index is 2.13. The normalized spacial score (nSPS) is 11.2. The van der Waals surface area contributed by atoms with E-state index in [2.05, 4.69) is 52.1 Å². The molecule has 1 heterocycles. The topological polar surface area (TPSA) is 39.4 Å². The zero-order chi connectivity index (χ0) is 15.7. The Morgan fingerprint density at radius 2 is 2.00 bits per heavy atom. The van der Waals surface area contributed by atoms with Gasteiger partial charge >= 0.3 is 0 Å². The maximum atomic E-state index is 11.8. The molecule has 0 radical (unpaired) electrons. The van der Waals surface area contributed by atoms with Gasteiger partial charge in [0.15, 0.2) is 11.0 Å². The second-order valence-electron chi connectivity index (χ2n) is 5.06. The van der Waals surface area contributed by atoms with Crippen LogP contribution in [0.1, 0.15) is 19.8 Å². The van der Waals surface area contributed by atoms with Crippen LogP contribution in [0, 0.1) is 7.14 Å². The summed E-state index contributed by atoms with van der Waals surface area (Å²) in [5.41, 5.74) is 1.69. The maximum Gasteiger partial charge on any atom is 0.195 e. The van der Waals surface area contributed by atoms with E-state index in [9.17, 15) is 4.79 Å². The number of rotatable bonds is 4. The Bertz CT molecular complexity index is 855. The van der Waals surface area contributed by atoms with Crippen molar-refractivity contribution in [1.29, 1.82) is 0 Å². The fraction of sp³-hybridized carbons (Fsp3) is 0.235. The van der Waals surface area contributed by atoms with E-state index in [0.717, 1.165) is 38.7 Å². The molecule has 0 unspecified atom stereocenters. The molecule has 1 aliphatic carbocycles. The van der Waals surface area contributed by atoms with Crippen LogP contribution in [0.15, 0.2) is 39.5 Å². The molecule has 114 valence electrons. The van der Waals surface area contributed by atoms with Crippen LogP contribution in [0.2, 0.25) is 0 Å². The Labute approximate surface area is 155 Å². The van der Waals surface area contributed by atoms with Crippen molar-refractivity contribution in [2.45, 2.75) is 19.8 Å². The van der Waals surface area contributed by atoms with Crippen molar-refractivity contribution < 1.29 is 9.15 Å². The van der Waals surface area contributed by atoms with E-state index in [4.69, 9.17) is 9.15 Å². The Morgan fingerprint density at radius 1 is 1.18 bits per heavy atom. The van der Waals surface area contributed by atoms with Gasteiger partial charge in [-0.05, 0) is 75.9 Å². The molecular weight excluding hydrogens is 506 g/mol. The molecule has 0 fully saturated rings. The summed E-state index contributed by atoms with van der Waals surface area (Å²) in [6.45, 7) is 2.84. The molecule has 0 spiro atoms. The number of benzene rings is 2. The fourth-order valence-electron chi connectivity index (χ4n) is 2.24. The molecule has 0 N–H and O–H groups in total. The molecule has 2 aliphatic rings. The van der Waals surface area contributed by atoms with E-state index in [0.29, 0.717) is 15.9 Å². The monoisotopic (exact) mass is 520 g/mol. The van der Waals surface area contributed by atoms with Gasteiger partial charge in [0.2, 0.25) is 0 Å². The van der Waals surface area contributed by atoms with E-state index >= 15 is 0 Å². The number of halogens is 2. The number of fused-ring (bicyclic) bond motifs is 2. The van der Waals surface area contributed by atoms with Gasteiger partial charge in [-0.2, -0.15) is 0 Å². The average molecular weight is 520 g/mol. The van der Waals surface area contributed by atoms with Gasteiger partial charge in [-0.15, -0.1) is 0 Å². The van der Waals surface area contributed by atoms with E-state index in [1.54, 1.807) is 6.07 Å². The summed E-state index contributed by atoms with van der Waals surface area (Å²) in [4.78, 5) is 11.8. The van der Waals surface area contributed by atoms with E-state index in [-0.39, 0.29) is 5.43 Å². The first-order valence-corrected chi connectivity index (χ1v) is 9.24. The molecule has 0 atom stereocenters. The van der Waals surface area contributed by atoms with Crippen molar-refractivity contribution in [3.05, 3.63) is 47.7 Å². The van der Waals surface area contributed by atoms with Crippen LogP contribution in [0.25, 0.3) is 22.3 Å². The highest BCUT2D eigenvalue weighted by Gasteiger charge is 2.14. The minimum Gasteiger partial charge on any atom is -0.492 e. The molecule has 1 aliphatic heterocycles. The second-order valence-corrected chi connectivity index (χ2v) is 7.31. The molecule has 0 bridgehead atoms. The Kier molecular flexibility index (Phi) is 4.91. The third kappa shape index (κ3) is 3.10. The van der Waals surface area contributed by atoms with Crippen molar-refractivity contribution in [3.63, 3.8) is 0 Å². The van der Waals surface area contributed by atoms with Gasteiger partial charge in [0.25, 0.3) is 0 Å². The van der Waals surface area contributed by atoms with Gasteiger partial charge < -0.3 is 9.15 Å². The maximum absolute atomic E-state index is 11.8. The van der Waals surface area contributed by atoms with Crippen LogP contribution in [0.3, 0.4) is 0 Å². The molecule has 0 saturated carbocycles. The smallest absolute Gasteiger partial charge is 0.195 e. The second kappa shape index (κ2) is 6.74. The first-order chi connectivity index (χ1) is 10.6. The predicted molar refractivity (Wildman–Crippen MR) is 105 cm³/mol. The summed E-state index contributed by atoms with van der Waals surface area (Å²) in [7, 11) is 0. The van der Waals surface area contributed by atoms with Crippen LogP contribution in [-0.4, -0.2) is 6.61 Å². The average Bonchev–Trinajstić information content (AvgIpc) is 2.50. The Hall–Kier alpha value is -0.830. The largest absolute Gasteiger partial charge is 0.492 e. The van der Waals surface area contributed by atoms with E-state index in [1.165, 1.54) is 0 Å². The number of unbranched alkanes of at least 4 members (excludes halogenated alkanes) is 1. The number of hydrogen-bond acceptors (Lipinski definition) is 3. The molecule has 3 nitrogen and oxygen atoms in total. The molecule has 5 heteroatoms. The first-order valence-electron chi connectivity index (χ1n) is 7.08. The molecule has 3 rings (SSSR count). The van der Waals surface area contributed by atoms with Crippen LogP contribution in [0.5, 0.6) is 5.75 Å². The van der Waals surface area contributed by atoms with Gasteiger partial charge in [-0.3, -0.25) is 4.79 Å². The minimum absolute atomic E-state index is 0.0124. The lowest BCUT2D eigenvalue weighted by Crippen LogP contribution is -2.04.